The molecule has 0 bridgehead atoms. The van der Waals surface area contributed by atoms with Crippen LogP contribution in [0.3, 0.4) is 0 Å². The highest BCUT2D eigenvalue weighted by molar-refractivity contribution is 7.19. The largest absolute Gasteiger partial charge is 0.439 e. The summed E-state index contributed by atoms with van der Waals surface area (Å²) in [6, 6.07) is 18.6. The van der Waals surface area contributed by atoms with Gasteiger partial charge in [0, 0.05) is 29.9 Å². The lowest BCUT2D eigenvalue weighted by Crippen LogP contribution is -2.19. The molecule has 2 N–H and O–H groups in total. The van der Waals surface area contributed by atoms with Crippen LogP contribution in [0.25, 0.3) is 10.1 Å². The quantitative estimate of drug-likeness (QED) is 0.755. The fourth-order valence-electron chi connectivity index (χ4n) is 3.18. The van der Waals surface area contributed by atoms with Gasteiger partial charge in [-0.1, -0.05) is 24.3 Å². The molecule has 1 aromatic heterocycles. The third-order valence-electron chi connectivity index (χ3n) is 4.47. The van der Waals surface area contributed by atoms with Crippen molar-refractivity contribution >= 4 is 27.1 Å². The molecular weight excluding hydrogens is 330 g/mol. The molecule has 1 aliphatic heterocycles. The van der Waals surface area contributed by atoms with Gasteiger partial charge in [-0.25, -0.2) is 0 Å². The van der Waals surface area contributed by atoms with Gasteiger partial charge < -0.3 is 15.4 Å². The van der Waals surface area contributed by atoms with Crippen LogP contribution in [-0.2, 0) is 0 Å². The van der Waals surface area contributed by atoms with Gasteiger partial charge in [0.05, 0.1) is 10.8 Å². The van der Waals surface area contributed by atoms with Crippen LogP contribution in [0, 0.1) is 11.3 Å². The van der Waals surface area contributed by atoms with E-state index in [-0.39, 0.29) is 11.8 Å². The summed E-state index contributed by atoms with van der Waals surface area (Å²) in [5.41, 5.74) is 8.72. The van der Waals surface area contributed by atoms with Gasteiger partial charge in [-0.3, -0.25) is 0 Å². The molecule has 0 aliphatic carbocycles. The summed E-state index contributed by atoms with van der Waals surface area (Å²) < 4.78 is 6.97. The van der Waals surface area contributed by atoms with Crippen molar-refractivity contribution in [3.8, 4) is 11.8 Å². The first-order valence-electron chi connectivity index (χ1n) is 7.96. The normalized spacial score (nSPS) is 16.3. The molecule has 25 heavy (non-hydrogen) atoms. The molecule has 4 rings (SSSR count). The summed E-state index contributed by atoms with van der Waals surface area (Å²) in [7, 11) is 4.01. The van der Waals surface area contributed by atoms with Gasteiger partial charge in [-0.15, -0.1) is 11.3 Å². The Balaban J connectivity index is 1.92. The topological polar surface area (TPSA) is 62.3 Å². The number of anilines is 1. The predicted octanol–water partition coefficient (Wildman–Crippen LogP) is 4.19. The highest BCUT2D eigenvalue weighted by Gasteiger charge is 2.33. The van der Waals surface area contributed by atoms with Crippen LogP contribution in [0.2, 0.25) is 0 Å². The summed E-state index contributed by atoms with van der Waals surface area (Å²) in [4.78, 5) is 3.08. The minimum absolute atomic E-state index is 0.192. The molecule has 2 aromatic carbocycles. The van der Waals surface area contributed by atoms with Crippen LogP contribution in [0.15, 0.2) is 60.0 Å². The number of hydrogen-bond donors (Lipinski definition) is 1. The van der Waals surface area contributed by atoms with Crippen molar-refractivity contribution < 1.29 is 4.74 Å². The number of fused-ring (bicyclic) bond motifs is 3. The summed E-state index contributed by atoms with van der Waals surface area (Å²) in [6.07, 6.45) is 0. The number of nitrogens with two attached hydrogens (primary N) is 1. The monoisotopic (exact) mass is 347 g/mol. The Morgan fingerprint density at radius 1 is 1.12 bits per heavy atom. The number of nitrogens with zero attached hydrogens (tertiary/aromatic N) is 2. The first-order chi connectivity index (χ1) is 12.1. The Hall–Kier alpha value is -2.97. The molecule has 5 heteroatoms. The maximum Gasteiger partial charge on any atom is 0.205 e. The van der Waals surface area contributed by atoms with Crippen molar-refractivity contribution in [2.75, 3.05) is 19.0 Å². The summed E-state index contributed by atoms with van der Waals surface area (Å²) in [6.45, 7) is 0. The average molecular weight is 347 g/mol. The molecule has 124 valence electrons. The minimum atomic E-state index is -0.192. The number of ether oxygens (including phenoxy) is 1. The third-order valence-corrected chi connectivity index (χ3v) is 5.68. The third kappa shape index (κ3) is 2.43. The van der Waals surface area contributed by atoms with Gasteiger partial charge >= 0.3 is 0 Å². The summed E-state index contributed by atoms with van der Waals surface area (Å²) in [5, 5.41) is 10.7. The Morgan fingerprint density at radius 2 is 1.84 bits per heavy atom. The van der Waals surface area contributed by atoms with Crippen molar-refractivity contribution in [3.63, 3.8) is 0 Å². The van der Waals surface area contributed by atoms with Crippen LogP contribution >= 0.6 is 11.3 Å². The van der Waals surface area contributed by atoms with Gasteiger partial charge in [0.15, 0.2) is 5.75 Å². The number of allylic oxidation sites excluding steroid dienone is 1. The van der Waals surface area contributed by atoms with E-state index in [1.807, 2.05) is 37.2 Å². The lowest BCUT2D eigenvalue weighted by atomic mass is 9.88. The van der Waals surface area contributed by atoms with Crippen LogP contribution in [0.4, 0.5) is 5.69 Å². The van der Waals surface area contributed by atoms with Gasteiger partial charge in [-0.2, -0.15) is 5.26 Å². The van der Waals surface area contributed by atoms with E-state index in [1.165, 1.54) is 0 Å². The lowest BCUT2D eigenvalue weighted by molar-refractivity contribution is 0.401. The van der Waals surface area contributed by atoms with E-state index < -0.39 is 0 Å². The smallest absolute Gasteiger partial charge is 0.205 e. The van der Waals surface area contributed by atoms with E-state index in [0.717, 1.165) is 32.0 Å². The first kappa shape index (κ1) is 15.6. The minimum Gasteiger partial charge on any atom is -0.439 e. The number of benzene rings is 2. The Morgan fingerprint density at radius 3 is 2.52 bits per heavy atom. The molecule has 0 fully saturated rings. The predicted molar refractivity (Wildman–Crippen MR) is 102 cm³/mol. The van der Waals surface area contributed by atoms with Gasteiger partial charge in [0.1, 0.15) is 11.6 Å². The molecule has 0 unspecified atom stereocenters. The molecule has 4 nitrogen and oxygen atoms in total. The highest BCUT2D eigenvalue weighted by atomic mass is 32.1. The zero-order chi connectivity index (χ0) is 17.6. The highest BCUT2D eigenvalue weighted by Crippen LogP contribution is 2.50. The molecule has 0 saturated carbocycles. The van der Waals surface area contributed by atoms with Crippen molar-refractivity contribution in [2.45, 2.75) is 5.92 Å². The van der Waals surface area contributed by atoms with E-state index in [4.69, 9.17) is 10.5 Å². The second kappa shape index (κ2) is 5.83. The van der Waals surface area contributed by atoms with Crippen LogP contribution < -0.4 is 15.4 Å². The number of thiophene rings is 1. The van der Waals surface area contributed by atoms with Crippen LogP contribution in [0.5, 0.6) is 5.75 Å². The Bertz CT molecular complexity index is 1030. The second-order valence-corrected chi connectivity index (χ2v) is 7.29. The molecule has 0 amide bonds. The Kier molecular flexibility index (Phi) is 3.63. The van der Waals surface area contributed by atoms with Crippen molar-refractivity contribution in [3.05, 3.63) is 70.4 Å². The molecule has 2 heterocycles. The van der Waals surface area contributed by atoms with Crippen LogP contribution in [-0.4, -0.2) is 14.1 Å². The summed E-state index contributed by atoms with van der Waals surface area (Å²) in [5.74, 6) is 0.779. The number of nitriles is 1. The van der Waals surface area contributed by atoms with E-state index in [2.05, 4.69) is 36.4 Å². The van der Waals surface area contributed by atoms with E-state index in [1.54, 1.807) is 11.3 Å². The fourth-order valence-corrected chi connectivity index (χ4v) is 4.45. The standard InChI is InChI=1S/C20H17N3OS/c1-23(2)13-9-7-12(8-10-13)17-15(11-21)20(22)24-18-14-5-3-4-6-16(14)25-19(17)18/h3-10,17H,22H2,1-2H3/t17-/m1/s1. The zero-order valence-electron chi connectivity index (χ0n) is 14.0. The van der Waals surface area contributed by atoms with E-state index in [9.17, 15) is 5.26 Å². The average Bonchev–Trinajstić information content (AvgIpc) is 2.99. The van der Waals surface area contributed by atoms with Gasteiger partial charge in [0.25, 0.3) is 0 Å². The van der Waals surface area contributed by atoms with Crippen molar-refractivity contribution in [1.29, 1.82) is 5.26 Å². The molecule has 0 radical (unpaired) electrons. The molecule has 3 aromatic rings. The molecule has 0 saturated heterocycles. The van der Waals surface area contributed by atoms with E-state index in [0.29, 0.717) is 5.57 Å². The molecule has 0 spiro atoms. The maximum absolute atomic E-state index is 9.66. The second-order valence-electron chi connectivity index (χ2n) is 6.20. The van der Waals surface area contributed by atoms with Crippen LogP contribution in [0.1, 0.15) is 16.4 Å². The number of rotatable bonds is 2. The molecule has 1 aliphatic rings. The Labute approximate surface area is 150 Å². The van der Waals surface area contributed by atoms with E-state index >= 15 is 0 Å². The summed E-state index contributed by atoms with van der Waals surface area (Å²) >= 11 is 1.66. The molecular formula is C20H17N3OS. The zero-order valence-corrected chi connectivity index (χ0v) is 14.8. The SMILES string of the molecule is CN(C)c1ccc([C@@H]2C(C#N)=C(N)Oc3c2sc2ccccc32)cc1. The van der Waals surface area contributed by atoms with Gasteiger partial charge in [-0.05, 0) is 29.8 Å². The lowest BCUT2D eigenvalue weighted by Gasteiger charge is -2.24. The molecule has 1 atom stereocenters. The van der Waals surface area contributed by atoms with Gasteiger partial charge in [0.2, 0.25) is 5.88 Å². The fraction of sp³-hybridized carbons (Fsp3) is 0.150. The number of hydrogen-bond acceptors (Lipinski definition) is 5. The van der Waals surface area contributed by atoms with Crippen molar-refractivity contribution in [1.82, 2.24) is 0 Å². The first-order valence-corrected chi connectivity index (χ1v) is 8.78. The maximum atomic E-state index is 9.66. The van der Waals surface area contributed by atoms with Crippen molar-refractivity contribution in [2.24, 2.45) is 5.73 Å².